The summed E-state index contributed by atoms with van der Waals surface area (Å²) < 4.78 is 3.41. The van der Waals surface area contributed by atoms with Gasteiger partial charge in [0.2, 0.25) is 0 Å². The Bertz CT molecular complexity index is 556. The molecule has 0 unspecified atom stereocenters. The molecule has 6 heteroatoms. The fourth-order valence-electron chi connectivity index (χ4n) is 1.59. The fourth-order valence-corrected chi connectivity index (χ4v) is 1.59. The van der Waals surface area contributed by atoms with E-state index < -0.39 is 0 Å². The third-order valence-corrected chi connectivity index (χ3v) is 2.43. The number of nitrogens with two attached hydrogens (primary N) is 1. The number of nitrogen functional groups attached to an aromatic ring is 1. The molecule has 2 aromatic heterocycles. The van der Waals surface area contributed by atoms with Crippen molar-refractivity contribution in [2.75, 3.05) is 5.73 Å². The molecule has 0 fully saturated rings. The number of nitriles is 1. The van der Waals surface area contributed by atoms with Crippen molar-refractivity contribution in [3.63, 3.8) is 0 Å². The van der Waals surface area contributed by atoms with E-state index in [9.17, 15) is 0 Å². The van der Waals surface area contributed by atoms with Gasteiger partial charge >= 0.3 is 0 Å². The van der Waals surface area contributed by atoms with Gasteiger partial charge in [-0.25, -0.2) is 9.36 Å². The lowest BCUT2D eigenvalue weighted by Gasteiger charge is -2.03. The van der Waals surface area contributed by atoms with Crippen LogP contribution in [0.2, 0.25) is 0 Å². The van der Waals surface area contributed by atoms with Crippen molar-refractivity contribution in [1.82, 2.24) is 19.6 Å². The molecule has 0 saturated carbocycles. The molecule has 2 aromatic rings. The molecule has 0 aliphatic carbocycles. The Morgan fingerprint density at radius 1 is 1.50 bits per heavy atom. The number of anilines is 1. The van der Waals surface area contributed by atoms with Gasteiger partial charge in [0, 0.05) is 0 Å². The Morgan fingerprint density at radius 2 is 2.25 bits per heavy atom. The average Bonchev–Trinajstić information content (AvgIpc) is 2.74. The highest BCUT2D eigenvalue weighted by molar-refractivity contribution is 5.36. The van der Waals surface area contributed by atoms with Crippen LogP contribution in [0.15, 0.2) is 12.4 Å². The van der Waals surface area contributed by atoms with Gasteiger partial charge in [-0.3, -0.25) is 0 Å². The van der Waals surface area contributed by atoms with Crippen LogP contribution in [0.3, 0.4) is 0 Å². The Hall–Kier alpha value is -2.29. The third kappa shape index (κ3) is 1.63. The number of aryl methyl sites for hydroxylation is 1. The number of hydrogen-bond acceptors (Lipinski definition) is 4. The van der Waals surface area contributed by atoms with Crippen molar-refractivity contribution >= 4 is 5.69 Å². The molecule has 0 spiro atoms. The highest BCUT2D eigenvalue weighted by atomic mass is 15.4. The summed E-state index contributed by atoms with van der Waals surface area (Å²) in [5.41, 5.74) is 8.38. The smallest absolute Gasteiger partial charge is 0.133 e. The standard InChI is InChI=1S/C10H12N6/c1-7-10(3-11)8(2)16(14-7)6-15-5-9(12)4-13-15/h4-5H,6,12H2,1-2H3. The van der Waals surface area contributed by atoms with E-state index in [-0.39, 0.29) is 0 Å². The van der Waals surface area contributed by atoms with Crippen LogP contribution in [0.4, 0.5) is 5.69 Å². The summed E-state index contributed by atoms with van der Waals surface area (Å²) in [7, 11) is 0. The summed E-state index contributed by atoms with van der Waals surface area (Å²) in [4.78, 5) is 0. The second kappa shape index (κ2) is 3.70. The Balaban J connectivity index is 2.33. The fraction of sp³-hybridized carbons (Fsp3) is 0.300. The molecule has 0 saturated heterocycles. The van der Waals surface area contributed by atoms with Crippen LogP contribution in [0, 0.1) is 25.2 Å². The normalized spacial score (nSPS) is 10.3. The van der Waals surface area contributed by atoms with Crippen LogP contribution in [0.5, 0.6) is 0 Å². The number of aromatic nitrogens is 4. The van der Waals surface area contributed by atoms with E-state index in [1.165, 1.54) is 0 Å². The van der Waals surface area contributed by atoms with E-state index in [2.05, 4.69) is 16.3 Å². The number of hydrogen-bond donors (Lipinski definition) is 1. The summed E-state index contributed by atoms with van der Waals surface area (Å²) >= 11 is 0. The van der Waals surface area contributed by atoms with E-state index in [0.29, 0.717) is 17.9 Å². The van der Waals surface area contributed by atoms with Gasteiger partial charge in [-0.05, 0) is 13.8 Å². The van der Waals surface area contributed by atoms with E-state index in [1.807, 2.05) is 13.8 Å². The van der Waals surface area contributed by atoms with Gasteiger partial charge in [0.1, 0.15) is 12.7 Å². The molecule has 0 aromatic carbocycles. The van der Waals surface area contributed by atoms with E-state index in [4.69, 9.17) is 11.0 Å². The minimum absolute atomic E-state index is 0.464. The van der Waals surface area contributed by atoms with Gasteiger partial charge in [0.05, 0.1) is 35.0 Å². The minimum Gasteiger partial charge on any atom is -0.396 e. The van der Waals surface area contributed by atoms with Crippen LogP contribution in [0.1, 0.15) is 17.0 Å². The SMILES string of the molecule is Cc1nn(Cn2cc(N)cn2)c(C)c1C#N. The van der Waals surface area contributed by atoms with Gasteiger partial charge in [0.15, 0.2) is 0 Å². The van der Waals surface area contributed by atoms with Crippen molar-refractivity contribution in [3.8, 4) is 6.07 Å². The topological polar surface area (TPSA) is 85.4 Å². The first-order valence-electron chi connectivity index (χ1n) is 4.84. The lowest BCUT2D eigenvalue weighted by atomic mass is 10.2. The first-order chi connectivity index (χ1) is 7.61. The maximum atomic E-state index is 8.94. The first-order valence-corrected chi connectivity index (χ1v) is 4.84. The van der Waals surface area contributed by atoms with Gasteiger partial charge in [0.25, 0.3) is 0 Å². The average molecular weight is 216 g/mol. The first kappa shape index (κ1) is 10.2. The lowest BCUT2D eigenvalue weighted by molar-refractivity contribution is 0.491. The van der Waals surface area contributed by atoms with Crippen molar-refractivity contribution in [3.05, 3.63) is 29.3 Å². The molecule has 2 N–H and O–H groups in total. The summed E-state index contributed by atoms with van der Waals surface area (Å²) in [6.07, 6.45) is 3.30. The summed E-state index contributed by atoms with van der Waals surface area (Å²) in [6, 6.07) is 2.14. The maximum absolute atomic E-state index is 8.94. The van der Waals surface area contributed by atoms with Crippen molar-refractivity contribution in [2.24, 2.45) is 0 Å². The minimum atomic E-state index is 0.464. The highest BCUT2D eigenvalue weighted by Gasteiger charge is 2.10. The zero-order valence-corrected chi connectivity index (χ0v) is 9.18. The van der Waals surface area contributed by atoms with Crippen LogP contribution in [-0.4, -0.2) is 19.6 Å². The van der Waals surface area contributed by atoms with E-state index in [0.717, 1.165) is 11.4 Å². The van der Waals surface area contributed by atoms with Gasteiger partial charge in [-0.15, -0.1) is 0 Å². The van der Waals surface area contributed by atoms with Crippen molar-refractivity contribution in [1.29, 1.82) is 5.26 Å². The van der Waals surface area contributed by atoms with E-state index in [1.54, 1.807) is 21.8 Å². The van der Waals surface area contributed by atoms with Gasteiger partial charge in [-0.1, -0.05) is 0 Å². The molecule has 82 valence electrons. The molecule has 0 aliphatic rings. The van der Waals surface area contributed by atoms with Crippen LogP contribution >= 0.6 is 0 Å². The molecule has 0 atom stereocenters. The Kier molecular flexibility index (Phi) is 2.37. The van der Waals surface area contributed by atoms with E-state index >= 15 is 0 Å². The van der Waals surface area contributed by atoms with Crippen LogP contribution < -0.4 is 5.73 Å². The third-order valence-electron chi connectivity index (χ3n) is 2.43. The molecule has 2 heterocycles. The van der Waals surface area contributed by atoms with Crippen molar-refractivity contribution < 1.29 is 0 Å². The van der Waals surface area contributed by atoms with Gasteiger partial charge < -0.3 is 5.73 Å². The maximum Gasteiger partial charge on any atom is 0.133 e. The number of rotatable bonds is 2. The molecule has 2 rings (SSSR count). The molecule has 6 nitrogen and oxygen atoms in total. The predicted molar refractivity (Wildman–Crippen MR) is 58.5 cm³/mol. The summed E-state index contributed by atoms with van der Waals surface area (Å²) in [6.45, 7) is 4.15. The molecule has 0 bridgehead atoms. The molecular formula is C10H12N6. The monoisotopic (exact) mass is 216 g/mol. The molecular weight excluding hydrogens is 204 g/mol. The van der Waals surface area contributed by atoms with Crippen LogP contribution in [0.25, 0.3) is 0 Å². The summed E-state index contributed by atoms with van der Waals surface area (Å²) in [5.74, 6) is 0. The zero-order valence-electron chi connectivity index (χ0n) is 9.18. The van der Waals surface area contributed by atoms with Crippen molar-refractivity contribution in [2.45, 2.75) is 20.5 Å². The summed E-state index contributed by atoms with van der Waals surface area (Å²) in [5, 5.41) is 17.3. The lowest BCUT2D eigenvalue weighted by Crippen LogP contribution is -2.11. The Morgan fingerprint density at radius 3 is 2.75 bits per heavy atom. The zero-order chi connectivity index (χ0) is 11.7. The molecule has 0 radical (unpaired) electrons. The van der Waals surface area contributed by atoms with Crippen LogP contribution in [-0.2, 0) is 6.67 Å². The van der Waals surface area contributed by atoms with Gasteiger partial charge in [-0.2, -0.15) is 15.5 Å². The molecule has 16 heavy (non-hydrogen) atoms. The molecule has 0 amide bonds. The molecule has 0 aliphatic heterocycles. The largest absolute Gasteiger partial charge is 0.396 e. The second-order valence-corrected chi connectivity index (χ2v) is 3.61. The quantitative estimate of drug-likeness (QED) is 0.798. The number of nitrogens with zero attached hydrogens (tertiary/aromatic N) is 5. The Labute approximate surface area is 92.9 Å². The highest BCUT2D eigenvalue weighted by Crippen LogP contribution is 2.11. The second-order valence-electron chi connectivity index (χ2n) is 3.61. The predicted octanol–water partition coefficient (Wildman–Crippen LogP) is 0.656.